The summed E-state index contributed by atoms with van der Waals surface area (Å²) in [5.41, 5.74) is 7.65. The fourth-order valence-corrected chi connectivity index (χ4v) is 6.38. The standard InChI is InChI=1S/C26H23FN6O3S2/c1-26(2)10-17-22(18(34)11-26)21(19-8-5-9-36-19)14(12-28)23(29)33(17)24-31-32-25(38-24)37-13-20(35)30-16-7-4-3-6-15(16)27/h3-9,21H,10-11,13,29H2,1-2H3,(H,30,35). The second-order valence-corrected chi connectivity index (χ2v) is 11.8. The maximum Gasteiger partial charge on any atom is 0.234 e. The summed E-state index contributed by atoms with van der Waals surface area (Å²) in [6, 6.07) is 11.5. The van der Waals surface area contributed by atoms with Crippen LogP contribution in [-0.2, 0) is 9.59 Å². The molecule has 2 aromatic heterocycles. The molecular formula is C26H23FN6O3S2. The number of thioether (sulfide) groups is 1. The third-order valence-electron chi connectivity index (χ3n) is 6.27. The van der Waals surface area contributed by atoms with Gasteiger partial charge in [-0.15, -0.1) is 10.2 Å². The number of halogens is 1. The van der Waals surface area contributed by atoms with Crippen molar-refractivity contribution in [1.82, 2.24) is 10.2 Å². The number of nitrogens with zero attached hydrogens (tertiary/aromatic N) is 4. The first-order valence-electron chi connectivity index (χ1n) is 11.7. The summed E-state index contributed by atoms with van der Waals surface area (Å²) in [5.74, 6) is -1.08. The van der Waals surface area contributed by atoms with Gasteiger partial charge in [0.1, 0.15) is 17.4 Å². The lowest BCUT2D eigenvalue weighted by Crippen LogP contribution is -2.42. The summed E-state index contributed by atoms with van der Waals surface area (Å²) in [6.45, 7) is 4.01. The van der Waals surface area contributed by atoms with Crippen LogP contribution in [0.4, 0.5) is 15.2 Å². The number of ketones is 1. The van der Waals surface area contributed by atoms with Crippen molar-refractivity contribution in [3.8, 4) is 6.07 Å². The van der Waals surface area contributed by atoms with Gasteiger partial charge in [-0.3, -0.25) is 14.5 Å². The Kier molecular flexibility index (Phi) is 6.81. The monoisotopic (exact) mass is 550 g/mol. The Labute approximate surface area is 226 Å². The predicted octanol–water partition coefficient (Wildman–Crippen LogP) is 4.94. The smallest absolute Gasteiger partial charge is 0.234 e. The third-order valence-corrected chi connectivity index (χ3v) is 8.31. The number of para-hydroxylation sites is 1. The number of allylic oxidation sites excluding steroid dienone is 3. The number of carbonyl (C=O) groups excluding carboxylic acids is 2. The zero-order valence-electron chi connectivity index (χ0n) is 20.5. The van der Waals surface area contributed by atoms with Gasteiger partial charge in [-0.25, -0.2) is 4.39 Å². The summed E-state index contributed by atoms with van der Waals surface area (Å²) in [4.78, 5) is 27.4. The van der Waals surface area contributed by atoms with Gasteiger partial charge in [0.2, 0.25) is 11.0 Å². The maximum absolute atomic E-state index is 13.8. The van der Waals surface area contributed by atoms with Crippen molar-refractivity contribution in [3.05, 3.63) is 76.9 Å². The molecule has 0 spiro atoms. The van der Waals surface area contributed by atoms with Crippen LogP contribution in [0.15, 0.2) is 74.1 Å². The van der Waals surface area contributed by atoms with E-state index in [9.17, 15) is 19.2 Å². The third kappa shape index (κ3) is 4.82. The van der Waals surface area contributed by atoms with E-state index in [-0.39, 0.29) is 34.0 Å². The summed E-state index contributed by atoms with van der Waals surface area (Å²) in [5, 5.41) is 21.4. The Morgan fingerprint density at radius 1 is 1.32 bits per heavy atom. The molecule has 0 radical (unpaired) electrons. The van der Waals surface area contributed by atoms with E-state index in [0.717, 1.165) is 11.8 Å². The molecule has 1 aromatic carbocycles. The average molecular weight is 551 g/mol. The molecule has 1 unspecified atom stereocenters. The highest BCUT2D eigenvalue weighted by Gasteiger charge is 2.46. The van der Waals surface area contributed by atoms with Crippen molar-refractivity contribution in [2.24, 2.45) is 11.1 Å². The number of carbonyl (C=O) groups is 2. The fourth-order valence-electron chi connectivity index (χ4n) is 4.69. The minimum atomic E-state index is -0.700. The van der Waals surface area contributed by atoms with Gasteiger partial charge >= 0.3 is 0 Å². The first kappa shape index (κ1) is 25.7. The van der Waals surface area contributed by atoms with Crippen molar-refractivity contribution in [2.75, 3.05) is 16.0 Å². The van der Waals surface area contributed by atoms with E-state index in [1.54, 1.807) is 29.2 Å². The highest BCUT2D eigenvalue weighted by Crippen LogP contribution is 2.50. The van der Waals surface area contributed by atoms with Gasteiger partial charge < -0.3 is 15.5 Å². The highest BCUT2D eigenvalue weighted by atomic mass is 32.2. The van der Waals surface area contributed by atoms with Crippen LogP contribution in [-0.4, -0.2) is 27.6 Å². The molecule has 3 aromatic rings. The number of benzene rings is 1. The lowest BCUT2D eigenvalue weighted by molar-refractivity contribution is -0.118. The largest absolute Gasteiger partial charge is 0.468 e. The summed E-state index contributed by atoms with van der Waals surface area (Å²) in [7, 11) is 0. The highest BCUT2D eigenvalue weighted by molar-refractivity contribution is 8.01. The first-order chi connectivity index (χ1) is 18.2. The summed E-state index contributed by atoms with van der Waals surface area (Å²) in [6.07, 6.45) is 2.35. The molecule has 0 bridgehead atoms. The number of rotatable bonds is 6. The number of amides is 1. The van der Waals surface area contributed by atoms with E-state index < -0.39 is 17.6 Å². The molecule has 194 valence electrons. The quantitative estimate of drug-likeness (QED) is 0.409. The Balaban J connectivity index is 1.45. The van der Waals surface area contributed by atoms with E-state index in [2.05, 4.69) is 21.6 Å². The summed E-state index contributed by atoms with van der Waals surface area (Å²) >= 11 is 2.32. The molecule has 9 nitrogen and oxygen atoms in total. The molecule has 1 aliphatic heterocycles. The van der Waals surface area contributed by atoms with Crippen molar-refractivity contribution >= 4 is 45.6 Å². The number of hydrogen-bond acceptors (Lipinski definition) is 10. The van der Waals surface area contributed by atoms with E-state index in [1.165, 1.54) is 29.7 Å². The first-order valence-corrected chi connectivity index (χ1v) is 13.5. The van der Waals surface area contributed by atoms with E-state index >= 15 is 0 Å². The number of aromatic nitrogens is 2. The Morgan fingerprint density at radius 2 is 2.11 bits per heavy atom. The second-order valence-electron chi connectivity index (χ2n) is 9.66. The van der Waals surface area contributed by atoms with Gasteiger partial charge in [0.15, 0.2) is 10.1 Å². The number of Topliss-reactive ketones (excluding diaryl/α,β-unsaturated/α-hetero) is 1. The lowest BCUT2D eigenvalue weighted by Gasteiger charge is -2.42. The zero-order valence-corrected chi connectivity index (χ0v) is 22.2. The van der Waals surface area contributed by atoms with Crippen LogP contribution in [0, 0.1) is 22.6 Å². The van der Waals surface area contributed by atoms with Crippen LogP contribution in [0.3, 0.4) is 0 Å². The van der Waals surface area contributed by atoms with E-state index in [1.807, 2.05) is 13.8 Å². The Bertz CT molecular complexity index is 1520. The SMILES string of the molecule is CC1(C)CC(=O)C2=C(C1)N(c1nnc(SCC(=O)Nc3ccccc3F)s1)C(N)=C(C#N)C2c1ccco1. The number of nitrogens with one attached hydrogen (secondary N) is 1. The maximum atomic E-state index is 13.8. The predicted molar refractivity (Wildman–Crippen MR) is 141 cm³/mol. The van der Waals surface area contributed by atoms with Gasteiger partial charge in [-0.05, 0) is 36.1 Å². The van der Waals surface area contributed by atoms with Crippen LogP contribution >= 0.6 is 23.1 Å². The molecule has 1 atom stereocenters. The van der Waals surface area contributed by atoms with Crippen LogP contribution < -0.4 is 16.0 Å². The summed E-state index contributed by atoms with van der Waals surface area (Å²) < 4.78 is 19.9. The lowest BCUT2D eigenvalue weighted by atomic mass is 9.69. The molecule has 0 saturated heterocycles. The van der Waals surface area contributed by atoms with Gasteiger partial charge in [-0.1, -0.05) is 49.1 Å². The van der Waals surface area contributed by atoms with Crippen molar-refractivity contribution in [2.45, 2.75) is 36.9 Å². The van der Waals surface area contributed by atoms with Crippen LogP contribution in [0.1, 0.15) is 38.4 Å². The normalized spacial score (nSPS) is 18.8. The molecule has 1 amide bonds. The number of furan rings is 1. The van der Waals surface area contributed by atoms with Gasteiger partial charge in [0.25, 0.3) is 0 Å². The van der Waals surface area contributed by atoms with Gasteiger partial charge in [0, 0.05) is 17.7 Å². The molecule has 0 saturated carbocycles. The fraction of sp³-hybridized carbons (Fsp3) is 0.269. The van der Waals surface area contributed by atoms with Crippen molar-refractivity contribution in [3.63, 3.8) is 0 Å². The Hall–Kier alpha value is -3.95. The molecular weight excluding hydrogens is 527 g/mol. The molecule has 0 fully saturated rings. The van der Waals surface area contributed by atoms with Gasteiger partial charge in [-0.2, -0.15) is 5.26 Å². The Morgan fingerprint density at radius 3 is 2.82 bits per heavy atom. The second kappa shape index (κ2) is 10.1. The molecule has 3 heterocycles. The van der Waals surface area contributed by atoms with Crippen molar-refractivity contribution < 1.29 is 18.4 Å². The molecule has 12 heteroatoms. The van der Waals surface area contributed by atoms with Crippen LogP contribution in [0.2, 0.25) is 0 Å². The molecule has 3 N–H and O–H groups in total. The van der Waals surface area contributed by atoms with E-state index in [0.29, 0.717) is 39.3 Å². The molecule has 38 heavy (non-hydrogen) atoms. The minimum absolute atomic E-state index is 0.0161. The minimum Gasteiger partial charge on any atom is -0.468 e. The van der Waals surface area contributed by atoms with E-state index in [4.69, 9.17) is 10.2 Å². The van der Waals surface area contributed by atoms with Gasteiger partial charge in [0.05, 0.1) is 35.3 Å². The number of nitrogens with two attached hydrogens (primary N) is 1. The van der Waals surface area contributed by atoms with Crippen molar-refractivity contribution in [1.29, 1.82) is 5.26 Å². The average Bonchev–Trinajstić information content (AvgIpc) is 3.55. The molecule has 5 rings (SSSR count). The molecule has 2 aliphatic rings. The van der Waals surface area contributed by atoms with Crippen LogP contribution in [0.5, 0.6) is 0 Å². The van der Waals surface area contributed by atoms with Crippen LogP contribution in [0.25, 0.3) is 0 Å². The molecule has 1 aliphatic carbocycles. The zero-order chi connectivity index (χ0) is 27.0. The number of anilines is 2. The number of nitriles is 1. The number of hydrogen-bond donors (Lipinski definition) is 2. The topological polar surface area (TPSA) is 138 Å².